The van der Waals surface area contributed by atoms with Crippen molar-refractivity contribution >= 4 is 23.9 Å². The molecule has 0 rings (SSSR count). The van der Waals surface area contributed by atoms with Gasteiger partial charge in [0.2, 0.25) is 0 Å². The topological polar surface area (TPSA) is 94.5 Å². The summed E-state index contributed by atoms with van der Waals surface area (Å²) in [6.45, 7) is 0. The van der Waals surface area contributed by atoms with E-state index in [4.69, 9.17) is 0 Å². The quantitative estimate of drug-likeness (QED) is 0.380. The molecule has 0 aromatic rings. The average Bonchev–Trinajstić information content (AvgIpc) is 0. The third-order valence-corrected chi connectivity index (χ3v) is 0. The Morgan fingerprint density at radius 2 is 0.625 bits per heavy atom. The zero-order valence-electron chi connectivity index (χ0n) is 8.71. The van der Waals surface area contributed by atoms with Crippen LogP contribution in [0, 0.1) is 0 Å². The number of hydrogen-bond acceptors (Lipinski definition) is 0. The number of rotatable bonds is 0. The summed E-state index contributed by atoms with van der Waals surface area (Å²) >= 11 is 0. The molecule has 0 aromatic carbocycles. The van der Waals surface area contributed by atoms with E-state index in [0.29, 0.717) is 0 Å². The minimum absolute atomic E-state index is 0. The van der Waals surface area contributed by atoms with E-state index in [9.17, 15) is 0 Å². The molecular formula is H11Li3O3SnTi. The predicted molar refractivity (Wildman–Crippen MR) is 22.7 cm³/mol. The monoisotopic (exact) mass is 248 g/mol. The zero-order valence-corrected chi connectivity index (χ0v) is 11.3. The van der Waals surface area contributed by atoms with E-state index in [1.165, 1.54) is 0 Å². The van der Waals surface area contributed by atoms with E-state index >= 15 is 0 Å². The molecule has 0 aromatic heterocycles. The second kappa shape index (κ2) is 84.7. The molecule has 8 heteroatoms. The second-order valence-electron chi connectivity index (χ2n) is 0. The minimum atomic E-state index is 0. The standard InChI is InChI=1S/3Li.3H2O.Sn.Ti.5H/h;;;3*1H2;;;;;;;/q3*+1;;;;;;;;3*-1. The SMILES string of the molecule is O.O.O.[H-].[H-].[H-].[Li+].[Li+].[Li+].[SnH2].[Ti]. The Morgan fingerprint density at radius 1 is 0.625 bits per heavy atom. The van der Waals surface area contributed by atoms with E-state index in [1.54, 1.807) is 0 Å². The van der Waals surface area contributed by atoms with Crippen LogP contribution in [0.4, 0.5) is 0 Å². The van der Waals surface area contributed by atoms with Crippen LogP contribution in [-0.4, -0.2) is 40.3 Å². The Balaban J connectivity index is 0. The molecule has 0 unspecified atom stereocenters. The van der Waals surface area contributed by atoms with Crippen molar-refractivity contribution in [2.45, 2.75) is 0 Å². The van der Waals surface area contributed by atoms with Crippen molar-refractivity contribution < 1.29 is 99.0 Å². The molecular weight excluding hydrogens is 235 g/mol. The van der Waals surface area contributed by atoms with Crippen LogP contribution in [0.15, 0.2) is 0 Å². The van der Waals surface area contributed by atoms with Crippen LogP contribution in [0.3, 0.4) is 0 Å². The summed E-state index contributed by atoms with van der Waals surface area (Å²) in [5.74, 6) is 0. The largest absolute Gasteiger partial charge is 0 e. The summed E-state index contributed by atoms with van der Waals surface area (Å²) in [5, 5.41) is 0. The van der Waals surface area contributed by atoms with E-state index < -0.39 is 0 Å². The fourth-order valence-corrected chi connectivity index (χ4v) is 0. The van der Waals surface area contributed by atoms with Crippen molar-refractivity contribution in [3.63, 3.8) is 0 Å². The molecule has 0 amide bonds. The van der Waals surface area contributed by atoms with Crippen LogP contribution in [0.25, 0.3) is 0 Å². The fraction of sp³-hybridized carbons (Fsp3) is 0. The van der Waals surface area contributed by atoms with Crippen molar-refractivity contribution in [2.75, 3.05) is 0 Å². The molecule has 0 heterocycles. The maximum absolute atomic E-state index is 0. The molecule has 0 aliphatic carbocycles. The molecule has 6 N–H and O–H groups in total. The molecule has 0 saturated carbocycles. The molecule has 0 saturated heterocycles. The van der Waals surface area contributed by atoms with Gasteiger partial charge in [0.15, 0.2) is 0 Å². The normalized spacial score (nSPS) is 0. The summed E-state index contributed by atoms with van der Waals surface area (Å²) < 4.78 is 0. The van der Waals surface area contributed by atoms with Gasteiger partial charge in [0.1, 0.15) is 0 Å². The Morgan fingerprint density at radius 3 is 0.625 bits per heavy atom. The molecule has 2 radical (unpaired) electrons. The van der Waals surface area contributed by atoms with E-state index in [0.717, 1.165) is 0 Å². The Hall–Kier alpha value is 3.19. The molecule has 40 valence electrons. The second-order valence-corrected chi connectivity index (χ2v) is 0. The van der Waals surface area contributed by atoms with Gasteiger partial charge in [-0.3, -0.25) is 0 Å². The van der Waals surface area contributed by atoms with Crippen LogP contribution in [0.2, 0.25) is 0 Å². The van der Waals surface area contributed by atoms with Crippen molar-refractivity contribution in [3.05, 3.63) is 0 Å². The molecule has 0 spiro atoms. The Labute approximate surface area is 121 Å². The van der Waals surface area contributed by atoms with Crippen LogP contribution in [0.5, 0.6) is 0 Å². The van der Waals surface area contributed by atoms with Gasteiger partial charge in [0.25, 0.3) is 0 Å². The van der Waals surface area contributed by atoms with Crippen LogP contribution < -0.4 is 56.6 Å². The maximum Gasteiger partial charge on any atom is 0 e. The smallest absolute Gasteiger partial charge is 0 e. The first kappa shape index (κ1) is 114. The van der Waals surface area contributed by atoms with E-state index in [-0.39, 0.29) is 123 Å². The van der Waals surface area contributed by atoms with Crippen molar-refractivity contribution in [1.82, 2.24) is 0 Å². The van der Waals surface area contributed by atoms with E-state index in [1.807, 2.05) is 0 Å². The van der Waals surface area contributed by atoms with Gasteiger partial charge in [-0.1, -0.05) is 0 Å². The molecule has 8 heavy (non-hydrogen) atoms. The maximum atomic E-state index is 0. The average molecular weight is 246 g/mol. The first-order valence-electron chi connectivity index (χ1n) is 0. The van der Waals surface area contributed by atoms with Gasteiger partial charge in [0, 0.05) is 21.7 Å². The van der Waals surface area contributed by atoms with Gasteiger partial charge in [0.05, 0.1) is 0 Å². The van der Waals surface area contributed by atoms with Gasteiger partial charge in [-0.2, -0.15) is 0 Å². The predicted octanol–water partition coefficient (Wildman–Crippen LogP) is -12.0. The molecule has 0 bridgehead atoms. The van der Waals surface area contributed by atoms with Crippen molar-refractivity contribution in [2.24, 2.45) is 0 Å². The minimum Gasteiger partial charge on any atom is 0 e. The third-order valence-electron chi connectivity index (χ3n) is 0. The fourth-order valence-electron chi connectivity index (χ4n) is 0. The zero-order chi connectivity index (χ0) is 0. The third kappa shape index (κ3) is 60.7. The molecule has 3 nitrogen and oxygen atoms in total. The van der Waals surface area contributed by atoms with Crippen molar-refractivity contribution in [1.29, 1.82) is 0 Å². The van der Waals surface area contributed by atoms with Crippen LogP contribution in [-0.2, 0) is 21.7 Å². The molecule has 0 aliphatic rings. The first-order valence-corrected chi connectivity index (χ1v) is 0. The van der Waals surface area contributed by atoms with Gasteiger partial charge < -0.3 is 20.7 Å². The van der Waals surface area contributed by atoms with Gasteiger partial charge >= 0.3 is 80.5 Å². The summed E-state index contributed by atoms with van der Waals surface area (Å²) in [6.07, 6.45) is 0. The molecule has 0 aliphatic heterocycles. The Kier molecular flexibility index (Phi) is 1210. The van der Waals surface area contributed by atoms with Crippen LogP contribution in [0.1, 0.15) is 4.28 Å². The van der Waals surface area contributed by atoms with Gasteiger partial charge in [-0.25, -0.2) is 0 Å². The number of hydrogen-bond donors (Lipinski definition) is 0. The molecule has 0 fully saturated rings. The van der Waals surface area contributed by atoms with Gasteiger partial charge in [-0.15, -0.1) is 0 Å². The summed E-state index contributed by atoms with van der Waals surface area (Å²) in [7, 11) is 0. The van der Waals surface area contributed by atoms with E-state index in [2.05, 4.69) is 0 Å². The first-order chi connectivity index (χ1) is 0. The molecule has 0 atom stereocenters. The summed E-state index contributed by atoms with van der Waals surface area (Å²) in [6, 6.07) is 0. The van der Waals surface area contributed by atoms with Crippen molar-refractivity contribution in [3.8, 4) is 0 Å². The van der Waals surface area contributed by atoms with Gasteiger partial charge in [-0.05, 0) is 0 Å². The summed E-state index contributed by atoms with van der Waals surface area (Å²) in [4.78, 5) is 0. The van der Waals surface area contributed by atoms with Crippen LogP contribution >= 0.6 is 0 Å². The Bertz CT molecular complexity index is 23.8. The summed E-state index contributed by atoms with van der Waals surface area (Å²) in [5.41, 5.74) is 0.